The summed E-state index contributed by atoms with van der Waals surface area (Å²) < 4.78 is 6.08. The van der Waals surface area contributed by atoms with Crippen LogP contribution in [-0.2, 0) is 4.74 Å². The van der Waals surface area contributed by atoms with Crippen LogP contribution in [0.25, 0.3) is 0 Å². The molecule has 0 amide bonds. The molecule has 4 fully saturated rings. The first-order chi connectivity index (χ1) is 8.85. The Kier molecular flexibility index (Phi) is 2.92. The summed E-state index contributed by atoms with van der Waals surface area (Å²) in [6.45, 7) is 2.35. The molecule has 3 unspecified atom stereocenters. The van der Waals surface area contributed by atoms with Gasteiger partial charge in [0, 0.05) is 12.6 Å². The second-order valence-electron chi connectivity index (χ2n) is 7.32. The summed E-state index contributed by atoms with van der Waals surface area (Å²) in [5.74, 6) is 3.00. The molecule has 0 aromatic rings. The fourth-order valence-corrected chi connectivity index (χ4v) is 4.43. The van der Waals surface area contributed by atoms with E-state index in [9.17, 15) is 0 Å². The van der Waals surface area contributed by atoms with Crippen molar-refractivity contribution < 1.29 is 4.74 Å². The number of hydrogen-bond donors (Lipinski definition) is 1. The maximum atomic E-state index is 6.08. The average molecular weight is 249 g/mol. The van der Waals surface area contributed by atoms with E-state index < -0.39 is 0 Å². The summed E-state index contributed by atoms with van der Waals surface area (Å²) in [5.41, 5.74) is 0.354. The Labute approximate surface area is 111 Å². The van der Waals surface area contributed by atoms with E-state index in [0.29, 0.717) is 5.60 Å². The highest BCUT2D eigenvalue weighted by Gasteiger charge is 2.47. The van der Waals surface area contributed by atoms with Gasteiger partial charge in [0.1, 0.15) is 0 Å². The molecule has 1 aliphatic heterocycles. The summed E-state index contributed by atoms with van der Waals surface area (Å²) in [6, 6.07) is 0.888. The van der Waals surface area contributed by atoms with Crippen LogP contribution in [0.15, 0.2) is 0 Å². The standard InChI is InChI=1S/C16H27NO/c1-7-16(8-1)10-12(6-9-18-16)15-5-2-13(15)11-17-14-3-4-14/h12-15,17H,1-11H2. The maximum Gasteiger partial charge on any atom is 0.0685 e. The molecule has 18 heavy (non-hydrogen) atoms. The summed E-state index contributed by atoms with van der Waals surface area (Å²) >= 11 is 0. The minimum atomic E-state index is 0.354. The van der Waals surface area contributed by atoms with Crippen LogP contribution in [0.5, 0.6) is 0 Å². The molecule has 3 atom stereocenters. The predicted molar refractivity (Wildman–Crippen MR) is 72.5 cm³/mol. The van der Waals surface area contributed by atoms with Gasteiger partial charge in [0.2, 0.25) is 0 Å². The van der Waals surface area contributed by atoms with Crippen molar-refractivity contribution in [2.75, 3.05) is 13.2 Å². The Morgan fingerprint density at radius 3 is 2.56 bits per heavy atom. The zero-order valence-corrected chi connectivity index (χ0v) is 11.5. The van der Waals surface area contributed by atoms with Crippen LogP contribution in [0.3, 0.4) is 0 Å². The van der Waals surface area contributed by atoms with Crippen LogP contribution in [0.1, 0.15) is 57.8 Å². The molecular weight excluding hydrogens is 222 g/mol. The molecular formula is C16H27NO. The molecule has 0 bridgehead atoms. The van der Waals surface area contributed by atoms with Crippen LogP contribution >= 0.6 is 0 Å². The minimum Gasteiger partial charge on any atom is -0.375 e. The van der Waals surface area contributed by atoms with Crippen molar-refractivity contribution in [3.05, 3.63) is 0 Å². The number of hydrogen-bond acceptors (Lipinski definition) is 2. The zero-order valence-electron chi connectivity index (χ0n) is 11.5. The van der Waals surface area contributed by atoms with Gasteiger partial charge in [0.25, 0.3) is 0 Å². The monoisotopic (exact) mass is 249 g/mol. The van der Waals surface area contributed by atoms with Gasteiger partial charge in [-0.25, -0.2) is 0 Å². The third-order valence-corrected chi connectivity index (χ3v) is 6.12. The van der Waals surface area contributed by atoms with Crippen molar-refractivity contribution in [1.29, 1.82) is 0 Å². The second kappa shape index (κ2) is 4.49. The molecule has 2 heteroatoms. The van der Waals surface area contributed by atoms with Crippen LogP contribution in [0.4, 0.5) is 0 Å². The van der Waals surface area contributed by atoms with Crippen LogP contribution in [0.2, 0.25) is 0 Å². The highest BCUT2D eigenvalue weighted by molar-refractivity contribution is 4.98. The van der Waals surface area contributed by atoms with E-state index in [2.05, 4.69) is 5.32 Å². The molecule has 3 aliphatic carbocycles. The van der Waals surface area contributed by atoms with Gasteiger partial charge in [-0.15, -0.1) is 0 Å². The molecule has 0 aromatic heterocycles. The second-order valence-corrected chi connectivity index (χ2v) is 7.32. The number of ether oxygens (including phenoxy) is 1. The van der Waals surface area contributed by atoms with Gasteiger partial charge in [0.05, 0.1) is 5.60 Å². The molecule has 1 heterocycles. The van der Waals surface area contributed by atoms with Crippen molar-refractivity contribution in [2.24, 2.45) is 17.8 Å². The Hall–Kier alpha value is -0.0800. The largest absolute Gasteiger partial charge is 0.375 e. The SMILES string of the molecule is C1CC2(C1)CC(C1CCC1CNC1CC1)CCO2. The van der Waals surface area contributed by atoms with E-state index in [1.165, 1.54) is 64.3 Å². The van der Waals surface area contributed by atoms with E-state index in [4.69, 9.17) is 4.74 Å². The fraction of sp³-hybridized carbons (Fsp3) is 1.00. The number of nitrogens with one attached hydrogen (secondary N) is 1. The Morgan fingerprint density at radius 1 is 1.06 bits per heavy atom. The molecule has 4 rings (SSSR count). The first-order valence-corrected chi connectivity index (χ1v) is 8.22. The smallest absolute Gasteiger partial charge is 0.0685 e. The average Bonchev–Trinajstić information content (AvgIpc) is 3.10. The lowest BCUT2D eigenvalue weighted by Crippen LogP contribution is -2.50. The lowest BCUT2D eigenvalue weighted by molar-refractivity contribution is -0.158. The summed E-state index contributed by atoms with van der Waals surface area (Å²) in [6.07, 6.45) is 12.7. The normalized spacial score (nSPS) is 42.3. The Bertz CT molecular complexity index is 308. The third kappa shape index (κ3) is 2.12. The Balaban J connectivity index is 1.31. The maximum absolute atomic E-state index is 6.08. The van der Waals surface area contributed by atoms with Crippen molar-refractivity contribution in [1.82, 2.24) is 5.32 Å². The molecule has 1 spiro atoms. The van der Waals surface area contributed by atoms with Gasteiger partial charge in [-0.1, -0.05) is 0 Å². The zero-order chi connectivity index (χ0) is 12.0. The summed E-state index contributed by atoms with van der Waals surface area (Å²) in [7, 11) is 0. The number of rotatable bonds is 4. The molecule has 0 radical (unpaired) electrons. The van der Waals surface area contributed by atoms with Gasteiger partial charge in [-0.3, -0.25) is 0 Å². The lowest BCUT2D eigenvalue weighted by atomic mass is 9.60. The first-order valence-electron chi connectivity index (χ1n) is 8.22. The lowest BCUT2D eigenvalue weighted by Gasteiger charge is -2.52. The third-order valence-electron chi connectivity index (χ3n) is 6.12. The summed E-state index contributed by atoms with van der Waals surface area (Å²) in [4.78, 5) is 0. The van der Waals surface area contributed by atoms with Crippen molar-refractivity contribution >= 4 is 0 Å². The predicted octanol–water partition coefficient (Wildman–Crippen LogP) is 3.11. The van der Waals surface area contributed by atoms with E-state index >= 15 is 0 Å². The van der Waals surface area contributed by atoms with Gasteiger partial charge in [-0.05, 0) is 82.1 Å². The van der Waals surface area contributed by atoms with Gasteiger partial charge < -0.3 is 10.1 Å². The molecule has 1 saturated heterocycles. The van der Waals surface area contributed by atoms with Gasteiger partial charge in [0.15, 0.2) is 0 Å². The molecule has 0 aromatic carbocycles. The highest BCUT2D eigenvalue weighted by Crippen LogP contribution is 2.51. The van der Waals surface area contributed by atoms with Crippen LogP contribution in [0, 0.1) is 17.8 Å². The first kappa shape index (κ1) is 11.7. The van der Waals surface area contributed by atoms with Crippen LogP contribution < -0.4 is 5.32 Å². The summed E-state index contributed by atoms with van der Waals surface area (Å²) in [5, 5.41) is 3.75. The van der Waals surface area contributed by atoms with E-state index in [1.807, 2.05) is 0 Å². The minimum absolute atomic E-state index is 0.354. The highest BCUT2D eigenvalue weighted by atomic mass is 16.5. The van der Waals surface area contributed by atoms with Gasteiger partial charge in [-0.2, -0.15) is 0 Å². The molecule has 102 valence electrons. The van der Waals surface area contributed by atoms with Gasteiger partial charge >= 0.3 is 0 Å². The van der Waals surface area contributed by atoms with Crippen molar-refractivity contribution in [3.8, 4) is 0 Å². The van der Waals surface area contributed by atoms with Crippen LogP contribution in [-0.4, -0.2) is 24.8 Å². The molecule has 1 N–H and O–H groups in total. The van der Waals surface area contributed by atoms with E-state index in [1.54, 1.807) is 0 Å². The Morgan fingerprint density at radius 2 is 1.94 bits per heavy atom. The quantitative estimate of drug-likeness (QED) is 0.826. The topological polar surface area (TPSA) is 21.3 Å². The van der Waals surface area contributed by atoms with Crippen molar-refractivity contribution in [2.45, 2.75) is 69.4 Å². The van der Waals surface area contributed by atoms with Crippen molar-refractivity contribution in [3.63, 3.8) is 0 Å². The fourth-order valence-electron chi connectivity index (χ4n) is 4.43. The molecule has 4 aliphatic rings. The van der Waals surface area contributed by atoms with E-state index in [-0.39, 0.29) is 0 Å². The molecule has 2 nitrogen and oxygen atoms in total. The molecule has 3 saturated carbocycles. The van der Waals surface area contributed by atoms with E-state index in [0.717, 1.165) is 30.4 Å².